The molecule has 1 unspecified atom stereocenters. The molecule has 0 aliphatic carbocycles. The number of nitrogens with one attached hydrogen (secondary N) is 1. The summed E-state index contributed by atoms with van der Waals surface area (Å²) in [5.74, 6) is -1.04. The molecule has 3 N–H and O–H groups in total. The van der Waals surface area contributed by atoms with Crippen molar-refractivity contribution in [3.05, 3.63) is 35.9 Å². The normalized spacial score (nSPS) is 11.5. The van der Waals surface area contributed by atoms with E-state index >= 15 is 0 Å². The zero-order chi connectivity index (χ0) is 10.4. The van der Waals surface area contributed by atoms with Gasteiger partial charge < -0.3 is 10.2 Å². The molecular weight excluding hydrogens is 218 g/mol. The van der Waals surface area contributed by atoms with Crippen LogP contribution in [0.1, 0.15) is 5.56 Å². The van der Waals surface area contributed by atoms with Crippen molar-refractivity contribution in [3.63, 3.8) is 0 Å². The number of aliphatic hydroxyl groups excluding tert-OH is 1. The Morgan fingerprint density at radius 2 is 1.93 bits per heavy atom. The summed E-state index contributed by atoms with van der Waals surface area (Å²) < 4.78 is 0. The molecule has 0 heterocycles. The van der Waals surface area contributed by atoms with Crippen molar-refractivity contribution in [2.75, 3.05) is 6.61 Å². The first-order chi connectivity index (χ1) is 6.74. The Bertz CT molecular complexity index is 292. The number of rotatable bonds is 5. The third-order valence-corrected chi connectivity index (χ3v) is 1.88. The Labute approximate surface area is 94.3 Å². The van der Waals surface area contributed by atoms with Crippen LogP contribution in [-0.4, -0.2) is 28.8 Å². The fraction of sp³-hybridized carbons (Fsp3) is 0.300. The van der Waals surface area contributed by atoms with Gasteiger partial charge in [-0.1, -0.05) is 30.3 Å². The fourth-order valence-corrected chi connectivity index (χ4v) is 1.07. The minimum absolute atomic E-state index is 0. The molecule has 0 aromatic heterocycles. The van der Waals surface area contributed by atoms with Crippen LogP contribution in [0, 0.1) is 0 Å². The van der Waals surface area contributed by atoms with Gasteiger partial charge >= 0.3 is 5.97 Å². The molecule has 0 saturated carbocycles. The van der Waals surface area contributed by atoms with E-state index in [1.165, 1.54) is 0 Å². The molecule has 0 aliphatic heterocycles. The number of carboxylic acids is 1. The van der Waals surface area contributed by atoms with Gasteiger partial charge in [0.05, 0.1) is 6.61 Å². The lowest BCUT2D eigenvalue weighted by molar-refractivity contribution is -0.140. The van der Waals surface area contributed by atoms with Gasteiger partial charge in [-0.25, -0.2) is 0 Å². The van der Waals surface area contributed by atoms with Gasteiger partial charge in [0.1, 0.15) is 6.04 Å². The number of carboxylic acid groups (broad SMARTS) is 1. The highest BCUT2D eigenvalue weighted by atomic mass is 35.5. The number of hydrogen-bond acceptors (Lipinski definition) is 3. The zero-order valence-corrected chi connectivity index (χ0v) is 8.91. The number of carbonyl (C=O) groups is 1. The zero-order valence-electron chi connectivity index (χ0n) is 8.09. The van der Waals surface area contributed by atoms with Crippen LogP contribution in [0.5, 0.6) is 0 Å². The van der Waals surface area contributed by atoms with Crippen molar-refractivity contribution in [2.24, 2.45) is 0 Å². The fourth-order valence-electron chi connectivity index (χ4n) is 1.07. The first-order valence-electron chi connectivity index (χ1n) is 4.35. The maximum absolute atomic E-state index is 10.5. The van der Waals surface area contributed by atoms with Crippen molar-refractivity contribution in [3.8, 4) is 0 Å². The Kier molecular flexibility index (Phi) is 6.70. The highest BCUT2D eigenvalue weighted by Crippen LogP contribution is 1.98. The Balaban J connectivity index is 0.00000196. The summed E-state index contributed by atoms with van der Waals surface area (Å²) in [6, 6.07) is 8.55. The van der Waals surface area contributed by atoms with E-state index in [1.54, 1.807) is 0 Å². The molecule has 1 atom stereocenters. The van der Waals surface area contributed by atoms with Crippen LogP contribution >= 0.6 is 12.4 Å². The van der Waals surface area contributed by atoms with Crippen LogP contribution in [-0.2, 0) is 11.3 Å². The standard InChI is InChI=1S/C10H13NO3.ClH/c12-7-9(10(13)14)11-6-8-4-2-1-3-5-8;/h1-5,9,11-12H,6-7H2,(H,13,14);1H. The molecular formula is C10H14ClNO3. The molecule has 1 aromatic rings. The molecule has 0 fully saturated rings. The second-order valence-electron chi connectivity index (χ2n) is 2.94. The van der Waals surface area contributed by atoms with E-state index in [0.29, 0.717) is 6.54 Å². The van der Waals surface area contributed by atoms with E-state index in [9.17, 15) is 4.79 Å². The maximum atomic E-state index is 10.5. The van der Waals surface area contributed by atoms with Crippen LogP contribution in [0.25, 0.3) is 0 Å². The summed E-state index contributed by atoms with van der Waals surface area (Å²) >= 11 is 0. The van der Waals surface area contributed by atoms with E-state index in [0.717, 1.165) is 5.56 Å². The molecule has 1 rings (SSSR count). The second kappa shape index (κ2) is 7.23. The lowest BCUT2D eigenvalue weighted by Gasteiger charge is -2.10. The Morgan fingerprint density at radius 3 is 2.40 bits per heavy atom. The van der Waals surface area contributed by atoms with Gasteiger partial charge in [0.15, 0.2) is 0 Å². The van der Waals surface area contributed by atoms with Gasteiger partial charge in [0, 0.05) is 6.54 Å². The molecule has 4 nitrogen and oxygen atoms in total. The molecule has 5 heteroatoms. The molecule has 0 amide bonds. The minimum atomic E-state index is -1.04. The van der Waals surface area contributed by atoms with E-state index in [2.05, 4.69) is 5.32 Å². The topological polar surface area (TPSA) is 69.6 Å². The van der Waals surface area contributed by atoms with Crippen LogP contribution < -0.4 is 5.32 Å². The van der Waals surface area contributed by atoms with Gasteiger partial charge in [0.2, 0.25) is 0 Å². The Morgan fingerprint density at radius 1 is 1.33 bits per heavy atom. The molecule has 0 radical (unpaired) electrons. The van der Waals surface area contributed by atoms with Gasteiger partial charge in [-0.05, 0) is 5.56 Å². The quantitative estimate of drug-likeness (QED) is 0.696. The summed E-state index contributed by atoms with van der Waals surface area (Å²) in [6.07, 6.45) is 0. The number of hydrogen-bond donors (Lipinski definition) is 3. The van der Waals surface area contributed by atoms with Crippen molar-refractivity contribution in [1.82, 2.24) is 5.32 Å². The molecule has 0 bridgehead atoms. The van der Waals surface area contributed by atoms with Crippen molar-refractivity contribution >= 4 is 18.4 Å². The summed E-state index contributed by atoms with van der Waals surface area (Å²) in [5.41, 5.74) is 0.993. The van der Waals surface area contributed by atoms with E-state index in [4.69, 9.17) is 10.2 Å². The van der Waals surface area contributed by atoms with Crippen molar-refractivity contribution in [1.29, 1.82) is 0 Å². The van der Waals surface area contributed by atoms with Gasteiger partial charge in [-0.15, -0.1) is 12.4 Å². The highest BCUT2D eigenvalue weighted by molar-refractivity contribution is 5.85. The van der Waals surface area contributed by atoms with Gasteiger partial charge in [-0.2, -0.15) is 0 Å². The highest BCUT2D eigenvalue weighted by Gasteiger charge is 2.14. The summed E-state index contributed by atoms with van der Waals surface area (Å²) in [4.78, 5) is 10.5. The van der Waals surface area contributed by atoms with Gasteiger partial charge in [0.25, 0.3) is 0 Å². The first kappa shape index (κ1) is 13.9. The predicted octanol–water partition coefficient (Wildman–Crippen LogP) is 0.643. The monoisotopic (exact) mass is 231 g/mol. The number of halogens is 1. The number of aliphatic carboxylic acids is 1. The van der Waals surface area contributed by atoms with E-state index in [1.807, 2.05) is 30.3 Å². The minimum Gasteiger partial charge on any atom is -0.480 e. The average molecular weight is 232 g/mol. The van der Waals surface area contributed by atoms with Crippen LogP contribution in [0.4, 0.5) is 0 Å². The largest absolute Gasteiger partial charge is 0.480 e. The van der Waals surface area contributed by atoms with E-state index in [-0.39, 0.29) is 12.4 Å². The molecule has 0 aliphatic rings. The molecule has 0 saturated heterocycles. The third kappa shape index (κ3) is 4.78. The second-order valence-corrected chi connectivity index (χ2v) is 2.94. The molecule has 15 heavy (non-hydrogen) atoms. The third-order valence-electron chi connectivity index (χ3n) is 1.88. The predicted molar refractivity (Wildman–Crippen MR) is 59.0 cm³/mol. The lowest BCUT2D eigenvalue weighted by atomic mass is 10.2. The summed E-state index contributed by atoms with van der Waals surface area (Å²) in [6.45, 7) is 0.0422. The molecule has 0 spiro atoms. The molecule has 84 valence electrons. The van der Waals surface area contributed by atoms with Gasteiger partial charge in [-0.3, -0.25) is 10.1 Å². The molecule has 1 aromatic carbocycles. The average Bonchev–Trinajstić information content (AvgIpc) is 2.20. The number of benzene rings is 1. The van der Waals surface area contributed by atoms with E-state index < -0.39 is 18.6 Å². The Hall–Kier alpha value is -1.10. The SMILES string of the molecule is Cl.O=C(O)C(CO)NCc1ccccc1. The smallest absolute Gasteiger partial charge is 0.323 e. The van der Waals surface area contributed by atoms with Crippen LogP contribution in [0.2, 0.25) is 0 Å². The van der Waals surface area contributed by atoms with Crippen LogP contribution in [0.15, 0.2) is 30.3 Å². The number of aliphatic hydroxyl groups is 1. The van der Waals surface area contributed by atoms with Crippen molar-refractivity contribution < 1.29 is 15.0 Å². The maximum Gasteiger partial charge on any atom is 0.323 e. The first-order valence-corrected chi connectivity index (χ1v) is 4.35. The lowest BCUT2D eigenvalue weighted by Crippen LogP contribution is -2.39. The van der Waals surface area contributed by atoms with Crippen LogP contribution in [0.3, 0.4) is 0 Å². The van der Waals surface area contributed by atoms with Crippen molar-refractivity contribution in [2.45, 2.75) is 12.6 Å². The summed E-state index contributed by atoms with van der Waals surface area (Å²) in [5, 5.41) is 20.1. The summed E-state index contributed by atoms with van der Waals surface area (Å²) in [7, 11) is 0.